The molecule has 124 valence electrons. The van der Waals surface area contributed by atoms with Crippen LogP contribution >= 0.6 is 24.0 Å². The second-order valence-corrected chi connectivity index (χ2v) is 7.21. The Hall–Kier alpha value is -0.930. The summed E-state index contributed by atoms with van der Waals surface area (Å²) in [5.41, 5.74) is 5.60. The summed E-state index contributed by atoms with van der Waals surface area (Å²) in [4.78, 5) is 9.95. The van der Waals surface area contributed by atoms with Crippen molar-refractivity contribution in [1.82, 2.24) is 4.72 Å². The fourth-order valence-electron chi connectivity index (χ4n) is 2.14. The third-order valence-corrected chi connectivity index (χ3v) is 5.43. The van der Waals surface area contributed by atoms with E-state index in [2.05, 4.69) is 4.72 Å². The minimum absolute atomic E-state index is 0. The molecule has 0 radical (unpaired) electrons. The number of rotatable bonds is 6. The molecule has 1 aromatic carbocycles. The highest BCUT2D eigenvalue weighted by atomic mass is 35.5. The highest BCUT2D eigenvalue weighted by Crippen LogP contribution is 2.35. The van der Waals surface area contributed by atoms with Crippen LogP contribution in [0.25, 0.3) is 0 Å². The Bertz CT molecular complexity index is 677. The highest BCUT2D eigenvalue weighted by molar-refractivity contribution is 7.89. The molecule has 1 aliphatic rings. The summed E-state index contributed by atoms with van der Waals surface area (Å²) in [5, 5.41) is 10.6. The maximum Gasteiger partial charge on any atom is 0.289 e. The Morgan fingerprint density at radius 2 is 2.09 bits per heavy atom. The van der Waals surface area contributed by atoms with Crippen molar-refractivity contribution in [3.63, 3.8) is 0 Å². The van der Waals surface area contributed by atoms with E-state index in [1.165, 1.54) is 12.1 Å². The second-order valence-electron chi connectivity index (χ2n) is 5.15. The van der Waals surface area contributed by atoms with Gasteiger partial charge in [0, 0.05) is 18.7 Å². The molecule has 1 atom stereocenters. The van der Waals surface area contributed by atoms with Crippen molar-refractivity contribution >= 4 is 39.7 Å². The molecule has 0 spiro atoms. The lowest BCUT2D eigenvalue weighted by Crippen LogP contribution is -2.41. The lowest BCUT2D eigenvalue weighted by Gasteiger charge is -2.17. The Labute approximate surface area is 139 Å². The Morgan fingerprint density at radius 3 is 2.55 bits per heavy atom. The van der Waals surface area contributed by atoms with Crippen molar-refractivity contribution in [2.45, 2.75) is 30.7 Å². The minimum Gasteiger partial charge on any atom is -0.329 e. The van der Waals surface area contributed by atoms with E-state index in [-0.39, 0.29) is 40.8 Å². The van der Waals surface area contributed by atoms with E-state index >= 15 is 0 Å². The molecule has 0 heterocycles. The molecule has 1 aliphatic carbocycles. The molecule has 7 nitrogen and oxygen atoms in total. The lowest BCUT2D eigenvalue weighted by molar-refractivity contribution is -0.385. The molecule has 2 rings (SSSR count). The third kappa shape index (κ3) is 4.08. The van der Waals surface area contributed by atoms with Crippen LogP contribution in [0.2, 0.25) is 5.02 Å². The van der Waals surface area contributed by atoms with Crippen LogP contribution in [0, 0.1) is 23.0 Å². The van der Waals surface area contributed by atoms with Crippen LogP contribution in [-0.4, -0.2) is 25.9 Å². The molecule has 0 aliphatic heterocycles. The zero-order chi connectivity index (χ0) is 15.8. The van der Waals surface area contributed by atoms with E-state index in [0.717, 1.165) is 12.8 Å². The predicted octanol–water partition coefficient (Wildman–Crippen LogP) is 1.99. The minimum atomic E-state index is -3.95. The van der Waals surface area contributed by atoms with Gasteiger partial charge in [0.2, 0.25) is 10.0 Å². The third-order valence-electron chi connectivity index (χ3n) is 3.40. The number of halogens is 2. The molecule has 0 amide bonds. The van der Waals surface area contributed by atoms with Gasteiger partial charge in [0.15, 0.2) is 0 Å². The number of nitrogens with one attached hydrogen (secondary N) is 1. The summed E-state index contributed by atoms with van der Waals surface area (Å²) in [5.74, 6) is 0.225. The van der Waals surface area contributed by atoms with Crippen LogP contribution < -0.4 is 10.5 Å². The molecule has 0 bridgehead atoms. The number of hydrogen-bond donors (Lipinski definition) is 2. The maximum atomic E-state index is 12.4. The van der Waals surface area contributed by atoms with E-state index in [0.29, 0.717) is 5.56 Å². The van der Waals surface area contributed by atoms with Crippen LogP contribution in [0.3, 0.4) is 0 Å². The van der Waals surface area contributed by atoms with E-state index in [1.54, 1.807) is 6.92 Å². The van der Waals surface area contributed by atoms with E-state index in [9.17, 15) is 18.5 Å². The maximum absolute atomic E-state index is 12.4. The van der Waals surface area contributed by atoms with Gasteiger partial charge in [0.25, 0.3) is 5.69 Å². The van der Waals surface area contributed by atoms with Crippen molar-refractivity contribution in [3.8, 4) is 0 Å². The van der Waals surface area contributed by atoms with Gasteiger partial charge < -0.3 is 5.73 Å². The van der Waals surface area contributed by atoms with Gasteiger partial charge >= 0.3 is 0 Å². The van der Waals surface area contributed by atoms with Gasteiger partial charge in [-0.1, -0.05) is 11.6 Å². The number of nitro groups is 1. The van der Waals surface area contributed by atoms with Gasteiger partial charge in [0.1, 0.15) is 9.92 Å². The first-order valence-electron chi connectivity index (χ1n) is 6.43. The van der Waals surface area contributed by atoms with Gasteiger partial charge in [-0.25, -0.2) is 13.1 Å². The summed E-state index contributed by atoms with van der Waals surface area (Å²) in [7, 11) is -3.95. The monoisotopic (exact) mass is 369 g/mol. The van der Waals surface area contributed by atoms with Gasteiger partial charge in [-0.15, -0.1) is 12.4 Å². The zero-order valence-electron chi connectivity index (χ0n) is 11.8. The largest absolute Gasteiger partial charge is 0.329 e. The normalized spacial score (nSPS) is 16.0. The molecule has 22 heavy (non-hydrogen) atoms. The fourth-order valence-corrected chi connectivity index (χ4v) is 4.12. The van der Waals surface area contributed by atoms with Crippen molar-refractivity contribution < 1.29 is 13.3 Å². The molecule has 1 saturated carbocycles. The highest BCUT2D eigenvalue weighted by Gasteiger charge is 2.35. The number of sulfonamides is 1. The number of benzene rings is 1. The van der Waals surface area contributed by atoms with Crippen LogP contribution in [0.1, 0.15) is 18.4 Å². The van der Waals surface area contributed by atoms with E-state index in [1.807, 2.05) is 0 Å². The standard InChI is InChI=1S/C12H16ClN3O4S.ClH/c1-7-4-10(16(17)18)12(13)11(5-7)21(19,20)15-9(6-14)8-2-3-8;/h4-5,8-9,15H,2-3,6,14H2,1H3;1H. The van der Waals surface area contributed by atoms with Gasteiger partial charge in [0.05, 0.1) is 4.92 Å². The van der Waals surface area contributed by atoms with Gasteiger partial charge in [-0.3, -0.25) is 10.1 Å². The molecule has 0 aromatic heterocycles. The number of nitro benzene ring substituents is 1. The predicted molar refractivity (Wildman–Crippen MR) is 86.0 cm³/mol. The molecular weight excluding hydrogens is 353 g/mol. The summed E-state index contributed by atoms with van der Waals surface area (Å²) in [6.45, 7) is 1.75. The van der Waals surface area contributed by atoms with Gasteiger partial charge in [-0.2, -0.15) is 0 Å². The summed E-state index contributed by atoms with van der Waals surface area (Å²) in [6, 6.07) is 2.19. The average molecular weight is 370 g/mol. The lowest BCUT2D eigenvalue weighted by atomic mass is 10.2. The zero-order valence-corrected chi connectivity index (χ0v) is 14.2. The number of nitrogens with zero attached hydrogens (tertiary/aromatic N) is 1. The van der Waals surface area contributed by atoms with Gasteiger partial charge in [-0.05, 0) is 37.3 Å². The molecule has 3 N–H and O–H groups in total. The quantitative estimate of drug-likeness (QED) is 0.587. The van der Waals surface area contributed by atoms with Crippen LogP contribution in [0.5, 0.6) is 0 Å². The summed E-state index contributed by atoms with van der Waals surface area (Å²) in [6.07, 6.45) is 1.85. The Morgan fingerprint density at radius 1 is 1.50 bits per heavy atom. The second kappa shape index (κ2) is 7.10. The molecule has 0 saturated heterocycles. The summed E-state index contributed by atoms with van der Waals surface area (Å²) < 4.78 is 27.3. The van der Waals surface area contributed by atoms with Crippen LogP contribution in [0.15, 0.2) is 17.0 Å². The topological polar surface area (TPSA) is 115 Å². The van der Waals surface area contributed by atoms with E-state index in [4.69, 9.17) is 17.3 Å². The Balaban J connectivity index is 0.00000242. The molecule has 10 heteroatoms. The average Bonchev–Trinajstić information content (AvgIpc) is 3.22. The van der Waals surface area contributed by atoms with Crippen molar-refractivity contribution in [2.24, 2.45) is 11.7 Å². The van der Waals surface area contributed by atoms with E-state index < -0.39 is 20.6 Å². The number of hydrogen-bond acceptors (Lipinski definition) is 5. The summed E-state index contributed by atoms with van der Waals surface area (Å²) >= 11 is 5.89. The molecule has 1 fully saturated rings. The number of aryl methyl sites for hydroxylation is 1. The SMILES string of the molecule is Cc1cc([N+](=O)[O-])c(Cl)c(S(=O)(=O)NC(CN)C2CC2)c1.Cl. The van der Waals surface area contributed by atoms with Crippen LogP contribution in [0.4, 0.5) is 5.69 Å². The van der Waals surface area contributed by atoms with Crippen molar-refractivity contribution in [1.29, 1.82) is 0 Å². The van der Waals surface area contributed by atoms with Crippen molar-refractivity contribution in [3.05, 3.63) is 32.8 Å². The Kier molecular flexibility index (Phi) is 6.17. The molecular formula is C12H17Cl2N3O4S. The van der Waals surface area contributed by atoms with Crippen LogP contribution in [-0.2, 0) is 10.0 Å². The number of nitrogens with two attached hydrogens (primary N) is 1. The smallest absolute Gasteiger partial charge is 0.289 e. The first kappa shape index (κ1) is 19.1. The fraction of sp³-hybridized carbons (Fsp3) is 0.500. The first-order valence-corrected chi connectivity index (χ1v) is 8.29. The molecule has 1 unspecified atom stereocenters. The van der Waals surface area contributed by atoms with Crippen molar-refractivity contribution in [2.75, 3.05) is 6.54 Å². The molecule has 1 aromatic rings. The first-order chi connectivity index (χ1) is 9.76.